The molecule has 0 bridgehead atoms. The average Bonchev–Trinajstić information content (AvgIpc) is 2.96. The van der Waals surface area contributed by atoms with E-state index in [9.17, 15) is 9.90 Å². The Bertz CT molecular complexity index is 872. The fourth-order valence-electron chi connectivity index (χ4n) is 3.64. The van der Waals surface area contributed by atoms with Crippen molar-refractivity contribution in [2.45, 2.75) is 64.3 Å². The van der Waals surface area contributed by atoms with E-state index in [4.69, 9.17) is 13.9 Å². The highest BCUT2D eigenvalue weighted by Gasteiger charge is 2.37. The van der Waals surface area contributed by atoms with Crippen molar-refractivity contribution in [3.8, 4) is 0 Å². The molecule has 8 heteroatoms. The minimum absolute atomic E-state index is 0.0819. The lowest BCUT2D eigenvalue weighted by Crippen LogP contribution is -2.46. The maximum Gasteiger partial charge on any atom is 0.410 e. The summed E-state index contributed by atoms with van der Waals surface area (Å²) in [6.07, 6.45) is -0.309. The molecule has 154 valence electrons. The molecule has 2 heterocycles. The summed E-state index contributed by atoms with van der Waals surface area (Å²) in [6.45, 7) is 10.9. The van der Waals surface area contributed by atoms with Gasteiger partial charge in [0.25, 0.3) is 0 Å². The van der Waals surface area contributed by atoms with Crippen LogP contribution < -0.4 is 0 Å². The summed E-state index contributed by atoms with van der Waals surface area (Å²) in [5, 5.41) is 9.70. The normalized spacial score (nSPS) is 17.3. The monoisotopic (exact) mass is 407 g/mol. The zero-order valence-electron chi connectivity index (χ0n) is 17.4. The fraction of sp³-hybridized carbons (Fsp3) is 0.600. The predicted octanol–water partition coefficient (Wildman–Crippen LogP) is 4.13. The number of aromatic nitrogens is 2. The van der Waals surface area contributed by atoms with E-state index in [1.54, 1.807) is 12.0 Å². The van der Waals surface area contributed by atoms with Crippen LogP contribution in [0.25, 0.3) is 11.0 Å². The molecule has 0 spiro atoms. The molecule has 0 saturated carbocycles. The first-order valence-corrected chi connectivity index (χ1v) is 10.2. The molecule has 7 nitrogen and oxygen atoms in total. The number of aliphatic hydroxyl groups is 1. The number of carbonyl (C=O) groups is 1. The first kappa shape index (κ1) is 21.0. The second kappa shape index (κ2) is 7.93. The van der Waals surface area contributed by atoms with Crippen molar-refractivity contribution in [2.75, 3.05) is 13.7 Å². The van der Waals surface area contributed by atoms with Crippen molar-refractivity contribution in [1.29, 1.82) is 0 Å². The van der Waals surface area contributed by atoms with Gasteiger partial charge in [-0.05, 0) is 44.4 Å². The van der Waals surface area contributed by atoms with Gasteiger partial charge < -0.3 is 18.6 Å². The molecule has 1 aliphatic rings. The second-order valence-electron chi connectivity index (χ2n) is 8.34. The summed E-state index contributed by atoms with van der Waals surface area (Å²) in [5.74, 6) is 1.03. The van der Waals surface area contributed by atoms with Gasteiger partial charge in [-0.25, -0.2) is 9.78 Å². The Morgan fingerprint density at radius 3 is 2.64 bits per heavy atom. The average molecular weight is 408 g/mol. The van der Waals surface area contributed by atoms with Gasteiger partial charge in [-0.15, -0.1) is 0 Å². The van der Waals surface area contributed by atoms with E-state index in [-0.39, 0.29) is 24.7 Å². The largest absolute Gasteiger partial charge is 0.444 e. The number of benzene rings is 1. The first-order chi connectivity index (χ1) is 13.2. The highest BCUT2D eigenvalue weighted by Crippen LogP contribution is 2.37. The van der Waals surface area contributed by atoms with Crippen LogP contribution in [0, 0.1) is 5.92 Å². The molecule has 0 saturated heterocycles. The lowest BCUT2D eigenvalue weighted by molar-refractivity contribution is 0.00401. The predicted molar refractivity (Wildman–Crippen MR) is 109 cm³/mol. The highest BCUT2D eigenvalue weighted by molar-refractivity contribution is 7.94. The van der Waals surface area contributed by atoms with Crippen LogP contribution in [0.5, 0.6) is 0 Å². The number of ether oxygens (including phenoxy) is 1. The first-order valence-electron chi connectivity index (χ1n) is 9.50. The summed E-state index contributed by atoms with van der Waals surface area (Å²) >= 11 is 1.23. The smallest absolute Gasteiger partial charge is 0.410 e. The molecule has 3 rings (SSSR count). The summed E-state index contributed by atoms with van der Waals surface area (Å²) < 4.78 is 13.0. The maximum absolute atomic E-state index is 12.8. The van der Waals surface area contributed by atoms with E-state index in [1.807, 2.05) is 32.9 Å². The van der Waals surface area contributed by atoms with Crippen LogP contribution >= 0.6 is 12.0 Å². The fourth-order valence-corrected chi connectivity index (χ4v) is 4.21. The molecule has 1 aromatic heterocycles. The third-order valence-corrected chi connectivity index (χ3v) is 5.45. The van der Waals surface area contributed by atoms with E-state index < -0.39 is 5.60 Å². The van der Waals surface area contributed by atoms with Gasteiger partial charge in [-0.3, -0.25) is 4.90 Å². The van der Waals surface area contributed by atoms with Crippen LogP contribution in [0.2, 0.25) is 0 Å². The van der Waals surface area contributed by atoms with Crippen LogP contribution in [0.4, 0.5) is 4.79 Å². The van der Waals surface area contributed by atoms with Gasteiger partial charge >= 0.3 is 6.09 Å². The van der Waals surface area contributed by atoms with E-state index in [0.717, 1.165) is 27.3 Å². The molecule has 2 aromatic rings. The van der Waals surface area contributed by atoms with Crippen molar-refractivity contribution in [1.82, 2.24) is 14.5 Å². The minimum Gasteiger partial charge on any atom is -0.444 e. The number of fused-ring (bicyclic) bond motifs is 3. The Kier molecular flexibility index (Phi) is 5.93. The quantitative estimate of drug-likeness (QED) is 0.768. The summed E-state index contributed by atoms with van der Waals surface area (Å²) in [5.41, 5.74) is 2.04. The number of imidazole rings is 1. The topological polar surface area (TPSA) is 76.8 Å². The SMILES string of the molecule is COSc1cc2c(cc1CO)nc1n2CCN(C(=O)OC(C)(C)C)C1C(C)C. The number of hydrogen-bond acceptors (Lipinski definition) is 6. The van der Waals surface area contributed by atoms with Gasteiger partial charge in [-0.2, -0.15) is 0 Å². The van der Waals surface area contributed by atoms with Gasteiger partial charge in [0.15, 0.2) is 0 Å². The van der Waals surface area contributed by atoms with Crippen molar-refractivity contribution >= 4 is 29.2 Å². The van der Waals surface area contributed by atoms with Gasteiger partial charge in [0.1, 0.15) is 11.4 Å². The molecule has 0 aliphatic carbocycles. The maximum atomic E-state index is 12.8. The number of hydrogen-bond donors (Lipinski definition) is 1. The minimum atomic E-state index is -0.543. The van der Waals surface area contributed by atoms with Gasteiger partial charge in [-0.1, -0.05) is 13.8 Å². The molecular weight excluding hydrogens is 378 g/mol. The number of carbonyl (C=O) groups excluding carboxylic acids is 1. The van der Waals surface area contributed by atoms with Crippen LogP contribution in [0.15, 0.2) is 17.0 Å². The van der Waals surface area contributed by atoms with E-state index >= 15 is 0 Å². The molecule has 0 fully saturated rings. The Labute approximate surface area is 170 Å². The lowest BCUT2D eigenvalue weighted by atomic mass is 10.0. The Morgan fingerprint density at radius 2 is 2.07 bits per heavy atom. The molecule has 1 unspecified atom stereocenters. The number of aliphatic hydroxyl groups excluding tert-OH is 1. The highest BCUT2D eigenvalue weighted by atomic mass is 32.2. The summed E-state index contributed by atoms with van der Waals surface area (Å²) in [4.78, 5) is 20.3. The van der Waals surface area contributed by atoms with E-state index in [1.165, 1.54) is 12.0 Å². The molecule has 0 radical (unpaired) electrons. The second-order valence-corrected chi connectivity index (χ2v) is 9.28. The number of nitrogens with zero attached hydrogens (tertiary/aromatic N) is 3. The summed E-state index contributed by atoms with van der Waals surface area (Å²) in [7, 11) is 1.61. The van der Waals surface area contributed by atoms with Crippen molar-refractivity contribution in [3.05, 3.63) is 23.5 Å². The molecule has 1 amide bonds. The zero-order chi connectivity index (χ0) is 20.6. The summed E-state index contributed by atoms with van der Waals surface area (Å²) in [6, 6.07) is 3.73. The number of rotatable bonds is 4. The molecule has 1 N–H and O–H groups in total. The van der Waals surface area contributed by atoms with Gasteiger partial charge in [0, 0.05) is 30.0 Å². The molecular formula is C20H29N3O4S. The van der Waals surface area contributed by atoms with E-state index in [2.05, 4.69) is 18.4 Å². The van der Waals surface area contributed by atoms with Gasteiger partial charge in [0.2, 0.25) is 0 Å². The van der Waals surface area contributed by atoms with Gasteiger partial charge in [0.05, 0.1) is 30.8 Å². The Hall–Kier alpha value is -1.77. The molecule has 1 aliphatic heterocycles. The molecule has 28 heavy (non-hydrogen) atoms. The van der Waals surface area contributed by atoms with Crippen molar-refractivity contribution < 1.29 is 18.8 Å². The Morgan fingerprint density at radius 1 is 1.36 bits per heavy atom. The third-order valence-electron chi connectivity index (χ3n) is 4.73. The number of amides is 1. The van der Waals surface area contributed by atoms with Crippen LogP contribution in [-0.2, 0) is 22.1 Å². The van der Waals surface area contributed by atoms with Crippen LogP contribution in [0.3, 0.4) is 0 Å². The Balaban J connectivity index is 2.07. The molecule has 1 aromatic carbocycles. The third kappa shape index (κ3) is 3.99. The standard InChI is InChI=1S/C20H29N3O4S/c1-12(2)17-18-21-14-9-13(11-24)16(28-26-6)10-15(14)22(18)7-8-23(17)19(25)27-20(3,4)5/h9-10,12,17,24H,7-8,11H2,1-6H3. The van der Waals surface area contributed by atoms with Crippen molar-refractivity contribution in [3.63, 3.8) is 0 Å². The zero-order valence-corrected chi connectivity index (χ0v) is 18.2. The molecule has 1 atom stereocenters. The van der Waals surface area contributed by atoms with E-state index in [0.29, 0.717) is 13.1 Å². The van der Waals surface area contributed by atoms with Crippen LogP contribution in [-0.4, -0.2) is 44.9 Å². The lowest BCUT2D eigenvalue weighted by Gasteiger charge is -2.38. The van der Waals surface area contributed by atoms with Crippen LogP contribution in [0.1, 0.15) is 52.0 Å². The van der Waals surface area contributed by atoms with Crippen molar-refractivity contribution in [2.24, 2.45) is 5.92 Å².